The van der Waals surface area contributed by atoms with E-state index in [-0.39, 0.29) is 24.5 Å². The first-order chi connectivity index (χ1) is 13.6. The maximum Gasteiger partial charge on any atom is 0.331 e. The topological polar surface area (TPSA) is 82.8 Å². The first-order valence-corrected chi connectivity index (χ1v) is 9.77. The summed E-state index contributed by atoms with van der Waals surface area (Å²) in [7, 11) is 0. The van der Waals surface area contributed by atoms with E-state index in [0.29, 0.717) is 35.5 Å². The van der Waals surface area contributed by atoms with Gasteiger partial charge < -0.3 is 5.32 Å². The molecule has 0 atom stereocenters. The number of amidine groups is 1. The molecule has 1 saturated carbocycles. The van der Waals surface area contributed by atoms with E-state index in [0.717, 1.165) is 24.8 Å². The van der Waals surface area contributed by atoms with Gasteiger partial charge in [0.05, 0.1) is 22.5 Å². The predicted molar refractivity (Wildman–Crippen MR) is 105 cm³/mol. The highest BCUT2D eigenvalue weighted by atomic mass is 35.5. The monoisotopic (exact) mass is 398 g/mol. The normalized spacial score (nSPS) is 18.5. The zero-order valence-electron chi connectivity index (χ0n) is 15.1. The molecule has 9 heteroatoms. The van der Waals surface area contributed by atoms with Gasteiger partial charge in [-0.15, -0.1) is 0 Å². The molecule has 3 heterocycles. The highest BCUT2D eigenvalue weighted by Gasteiger charge is 2.40. The van der Waals surface area contributed by atoms with Crippen LogP contribution in [0.3, 0.4) is 0 Å². The molecule has 1 aliphatic carbocycles. The number of aliphatic imine (C=N–C) groups is 1. The number of benzene rings is 1. The third-order valence-electron chi connectivity index (χ3n) is 5.08. The second-order valence-electron chi connectivity index (χ2n) is 7.17. The van der Waals surface area contributed by atoms with Gasteiger partial charge in [-0.25, -0.2) is 9.48 Å². The number of carbonyl (C=O) groups excluding carboxylic acids is 2. The zero-order chi connectivity index (χ0) is 19.3. The van der Waals surface area contributed by atoms with Crippen molar-refractivity contribution in [2.75, 3.05) is 24.5 Å². The Kier molecular flexibility index (Phi) is 4.08. The first-order valence-electron chi connectivity index (χ1n) is 9.39. The molecule has 3 amide bonds. The summed E-state index contributed by atoms with van der Waals surface area (Å²) < 4.78 is 1.62. The van der Waals surface area contributed by atoms with Crippen LogP contribution in [0.4, 0.5) is 10.6 Å². The van der Waals surface area contributed by atoms with Crippen LogP contribution in [0.5, 0.6) is 0 Å². The van der Waals surface area contributed by atoms with E-state index in [1.165, 1.54) is 4.90 Å². The SMILES string of the molecule is O=C(CN1C(=O)N2CCCN=C2c2cnn(-c3ccccc3Cl)c21)NC1CC1. The second kappa shape index (κ2) is 6.63. The Hall–Kier alpha value is -2.87. The molecule has 1 fully saturated rings. The number of aromatic nitrogens is 2. The van der Waals surface area contributed by atoms with Crippen LogP contribution in [0.1, 0.15) is 24.8 Å². The third kappa shape index (κ3) is 2.84. The van der Waals surface area contributed by atoms with Crippen LogP contribution in [0.25, 0.3) is 5.69 Å². The molecule has 0 radical (unpaired) electrons. The summed E-state index contributed by atoms with van der Waals surface area (Å²) in [6.45, 7) is 1.18. The smallest absolute Gasteiger partial charge is 0.331 e. The number of hydrogen-bond acceptors (Lipinski definition) is 4. The van der Waals surface area contributed by atoms with Crippen molar-refractivity contribution in [3.8, 4) is 5.69 Å². The molecule has 0 unspecified atom stereocenters. The Morgan fingerprint density at radius 2 is 2.11 bits per heavy atom. The maximum atomic E-state index is 13.2. The highest BCUT2D eigenvalue weighted by Crippen LogP contribution is 2.34. The number of urea groups is 1. The third-order valence-corrected chi connectivity index (χ3v) is 5.40. The number of rotatable bonds is 4. The van der Waals surface area contributed by atoms with E-state index in [1.54, 1.807) is 21.8 Å². The van der Waals surface area contributed by atoms with Crippen molar-refractivity contribution in [3.05, 3.63) is 41.0 Å². The van der Waals surface area contributed by atoms with Gasteiger partial charge in [-0.05, 0) is 31.4 Å². The van der Waals surface area contributed by atoms with E-state index in [9.17, 15) is 9.59 Å². The number of fused-ring (bicyclic) bond motifs is 3. The molecule has 0 saturated heterocycles. The predicted octanol–water partition coefficient (Wildman–Crippen LogP) is 2.20. The molecule has 1 aromatic carbocycles. The molecule has 1 aromatic heterocycles. The quantitative estimate of drug-likeness (QED) is 0.857. The average molecular weight is 399 g/mol. The molecule has 3 aliphatic rings. The molecular weight excluding hydrogens is 380 g/mol. The number of nitrogens with one attached hydrogen (secondary N) is 1. The van der Waals surface area contributed by atoms with Crippen molar-refractivity contribution in [2.24, 2.45) is 4.99 Å². The van der Waals surface area contributed by atoms with Gasteiger partial charge in [0.15, 0.2) is 5.82 Å². The molecule has 0 spiro atoms. The lowest BCUT2D eigenvalue weighted by Gasteiger charge is -2.37. The van der Waals surface area contributed by atoms with E-state index >= 15 is 0 Å². The maximum absolute atomic E-state index is 13.2. The van der Waals surface area contributed by atoms with Crippen LogP contribution in [-0.4, -0.2) is 58.1 Å². The minimum absolute atomic E-state index is 0.0672. The molecule has 28 heavy (non-hydrogen) atoms. The standard InChI is InChI=1S/C19H19ClN6O2/c20-14-4-1-2-5-15(14)26-18-13(10-22-26)17-21-8-3-9-24(17)19(28)25(18)11-16(27)23-12-6-7-12/h1-2,4-5,10,12H,3,6-9,11H2,(H,23,27). The molecule has 144 valence electrons. The van der Waals surface area contributed by atoms with Gasteiger partial charge in [0.25, 0.3) is 0 Å². The van der Waals surface area contributed by atoms with E-state index in [1.807, 2.05) is 18.2 Å². The van der Waals surface area contributed by atoms with Crippen LogP contribution < -0.4 is 10.2 Å². The van der Waals surface area contributed by atoms with Crippen molar-refractivity contribution >= 4 is 35.2 Å². The van der Waals surface area contributed by atoms with E-state index in [2.05, 4.69) is 15.4 Å². The number of hydrogen-bond donors (Lipinski definition) is 1. The number of nitrogens with zero attached hydrogens (tertiary/aromatic N) is 5. The van der Waals surface area contributed by atoms with Gasteiger partial charge >= 0.3 is 6.03 Å². The van der Waals surface area contributed by atoms with Crippen molar-refractivity contribution in [2.45, 2.75) is 25.3 Å². The Morgan fingerprint density at radius 1 is 1.29 bits per heavy atom. The molecule has 8 nitrogen and oxygen atoms in total. The van der Waals surface area contributed by atoms with Crippen LogP contribution in [-0.2, 0) is 4.79 Å². The summed E-state index contributed by atoms with van der Waals surface area (Å²) in [5, 5.41) is 7.94. The van der Waals surface area contributed by atoms with Crippen molar-refractivity contribution in [1.82, 2.24) is 20.0 Å². The van der Waals surface area contributed by atoms with Gasteiger partial charge in [-0.1, -0.05) is 23.7 Å². The summed E-state index contributed by atoms with van der Waals surface area (Å²) in [5.41, 5.74) is 1.38. The average Bonchev–Trinajstić information content (AvgIpc) is 3.40. The Balaban J connectivity index is 1.61. The summed E-state index contributed by atoms with van der Waals surface area (Å²) >= 11 is 6.38. The fraction of sp³-hybridized carbons (Fsp3) is 0.368. The van der Waals surface area contributed by atoms with E-state index < -0.39 is 0 Å². The second-order valence-corrected chi connectivity index (χ2v) is 7.57. The summed E-state index contributed by atoms with van der Waals surface area (Å²) in [6.07, 6.45) is 4.47. The Morgan fingerprint density at radius 3 is 2.89 bits per heavy atom. The molecule has 0 bridgehead atoms. The number of para-hydroxylation sites is 1. The summed E-state index contributed by atoms with van der Waals surface area (Å²) in [4.78, 5) is 33.4. The fourth-order valence-corrected chi connectivity index (χ4v) is 3.82. The molecular formula is C19H19ClN6O2. The van der Waals surface area contributed by atoms with Crippen LogP contribution >= 0.6 is 11.6 Å². The minimum atomic E-state index is -0.259. The van der Waals surface area contributed by atoms with Gasteiger partial charge in [0, 0.05) is 19.1 Å². The number of amides is 3. The lowest BCUT2D eigenvalue weighted by atomic mass is 10.1. The molecule has 2 aromatic rings. The molecule has 2 aliphatic heterocycles. The first kappa shape index (κ1) is 17.2. The van der Waals surface area contributed by atoms with E-state index in [4.69, 9.17) is 11.6 Å². The van der Waals surface area contributed by atoms with Crippen LogP contribution in [0, 0.1) is 0 Å². The van der Waals surface area contributed by atoms with Gasteiger partial charge in [-0.2, -0.15) is 5.10 Å². The fourth-order valence-electron chi connectivity index (χ4n) is 3.60. The van der Waals surface area contributed by atoms with Crippen LogP contribution in [0.2, 0.25) is 5.02 Å². The van der Waals surface area contributed by atoms with Crippen molar-refractivity contribution in [1.29, 1.82) is 0 Å². The van der Waals surface area contributed by atoms with Crippen molar-refractivity contribution < 1.29 is 9.59 Å². The zero-order valence-corrected chi connectivity index (χ0v) is 15.9. The number of carbonyl (C=O) groups is 2. The summed E-state index contributed by atoms with van der Waals surface area (Å²) in [5.74, 6) is 0.968. The highest BCUT2D eigenvalue weighted by molar-refractivity contribution is 6.32. The Bertz CT molecular complexity index is 996. The van der Waals surface area contributed by atoms with Crippen molar-refractivity contribution in [3.63, 3.8) is 0 Å². The summed E-state index contributed by atoms with van der Waals surface area (Å²) in [6, 6.07) is 7.26. The van der Waals surface area contributed by atoms with Gasteiger partial charge in [0.1, 0.15) is 12.4 Å². The van der Waals surface area contributed by atoms with Gasteiger partial charge in [-0.3, -0.25) is 19.6 Å². The lowest BCUT2D eigenvalue weighted by Crippen LogP contribution is -2.55. The lowest BCUT2D eigenvalue weighted by molar-refractivity contribution is -0.119. The molecule has 1 N–H and O–H groups in total. The van der Waals surface area contributed by atoms with Crippen LogP contribution in [0.15, 0.2) is 35.5 Å². The Labute approximate surface area is 166 Å². The number of anilines is 1. The molecule has 5 rings (SSSR count). The minimum Gasteiger partial charge on any atom is -0.352 e. The number of halogens is 1. The largest absolute Gasteiger partial charge is 0.352 e. The van der Waals surface area contributed by atoms with Gasteiger partial charge in [0.2, 0.25) is 5.91 Å².